The number of rotatable bonds is 2. The zero-order valence-electron chi connectivity index (χ0n) is 6.33. The highest BCUT2D eigenvalue weighted by Gasteiger charge is 1.92. The molecule has 0 spiro atoms. The van der Waals surface area contributed by atoms with Gasteiger partial charge in [-0.1, -0.05) is 0 Å². The van der Waals surface area contributed by atoms with Crippen LogP contribution in [-0.2, 0) is 0 Å². The highest BCUT2D eigenvalue weighted by molar-refractivity contribution is 5.45. The fourth-order valence-electron chi connectivity index (χ4n) is 0.806. The van der Waals surface area contributed by atoms with E-state index in [-0.39, 0.29) is 0 Å². The van der Waals surface area contributed by atoms with Gasteiger partial charge in [0.15, 0.2) is 0 Å². The predicted octanol–water partition coefficient (Wildman–Crippen LogP) is 1.39. The number of nitriles is 1. The predicted molar refractivity (Wildman–Crippen MR) is 43.1 cm³/mol. The van der Waals surface area contributed by atoms with Gasteiger partial charge in [-0.15, -0.1) is 0 Å². The van der Waals surface area contributed by atoms with Crippen molar-refractivity contribution in [2.75, 3.05) is 11.9 Å². The lowest BCUT2D eigenvalue weighted by molar-refractivity contribution is 1.19. The Morgan fingerprint density at radius 1 is 1.73 bits per heavy atom. The lowest BCUT2D eigenvalue weighted by Crippen LogP contribution is -1.96. The number of nitrogens with zero attached hydrogens (tertiary/aromatic N) is 2. The Morgan fingerprint density at radius 2 is 2.55 bits per heavy atom. The first-order valence-electron chi connectivity index (χ1n) is 3.47. The molecule has 3 nitrogen and oxygen atoms in total. The van der Waals surface area contributed by atoms with Crippen LogP contribution in [0.3, 0.4) is 0 Å². The van der Waals surface area contributed by atoms with E-state index in [9.17, 15) is 0 Å². The van der Waals surface area contributed by atoms with Gasteiger partial charge < -0.3 is 5.32 Å². The van der Waals surface area contributed by atoms with Crippen molar-refractivity contribution < 1.29 is 0 Å². The van der Waals surface area contributed by atoms with Crippen molar-refractivity contribution in [1.29, 1.82) is 5.26 Å². The van der Waals surface area contributed by atoms with Crippen molar-refractivity contribution in [1.82, 2.24) is 4.98 Å². The van der Waals surface area contributed by atoms with E-state index in [4.69, 9.17) is 5.26 Å². The second kappa shape index (κ2) is 3.57. The molecule has 0 radical (unpaired) electrons. The molecule has 1 heterocycles. The van der Waals surface area contributed by atoms with E-state index in [2.05, 4.69) is 10.3 Å². The van der Waals surface area contributed by atoms with Crippen LogP contribution in [0.2, 0.25) is 0 Å². The molecule has 0 aliphatic carbocycles. The zero-order chi connectivity index (χ0) is 8.10. The SMILES string of the molecule is CCNc1ccnc(C#N)c1. The number of anilines is 1. The highest BCUT2D eigenvalue weighted by atomic mass is 14.9. The lowest BCUT2D eigenvalue weighted by Gasteiger charge is -2.00. The summed E-state index contributed by atoms with van der Waals surface area (Å²) in [5.41, 5.74) is 1.39. The van der Waals surface area contributed by atoms with Gasteiger partial charge in [0.2, 0.25) is 0 Å². The van der Waals surface area contributed by atoms with Gasteiger partial charge in [-0.05, 0) is 19.1 Å². The van der Waals surface area contributed by atoms with E-state index in [0.29, 0.717) is 5.69 Å². The smallest absolute Gasteiger partial charge is 0.142 e. The Kier molecular flexibility index (Phi) is 2.45. The average Bonchev–Trinajstić information content (AvgIpc) is 2.06. The number of aromatic nitrogens is 1. The summed E-state index contributed by atoms with van der Waals surface area (Å²) in [5.74, 6) is 0. The van der Waals surface area contributed by atoms with E-state index in [1.54, 1.807) is 12.3 Å². The first kappa shape index (κ1) is 7.55. The van der Waals surface area contributed by atoms with Gasteiger partial charge in [-0.25, -0.2) is 4.98 Å². The molecule has 3 heteroatoms. The topological polar surface area (TPSA) is 48.7 Å². The van der Waals surface area contributed by atoms with Crippen LogP contribution in [0.25, 0.3) is 0 Å². The molecular weight excluding hydrogens is 138 g/mol. The van der Waals surface area contributed by atoms with Crippen molar-refractivity contribution in [3.63, 3.8) is 0 Å². The van der Waals surface area contributed by atoms with Crippen LogP contribution < -0.4 is 5.32 Å². The quantitative estimate of drug-likeness (QED) is 0.687. The molecule has 0 fully saturated rings. The van der Waals surface area contributed by atoms with Gasteiger partial charge in [0.05, 0.1) is 0 Å². The number of hydrogen-bond donors (Lipinski definition) is 1. The number of pyridine rings is 1. The average molecular weight is 147 g/mol. The monoisotopic (exact) mass is 147 g/mol. The molecule has 0 atom stereocenters. The molecule has 0 amide bonds. The second-order valence-corrected chi connectivity index (χ2v) is 2.07. The Bertz CT molecular complexity index is 275. The second-order valence-electron chi connectivity index (χ2n) is 2.07. The normalized spacial score (nSPS) is 8.73. The summed E-state index contributed by atoms with van der Waals surface area (Å²) < 4.78 is 0. The summed E-state index contributed by atoms with van der Waals surface area (Å²) in [6, 6.07) is 5.54. The minimum Gasteiger partial charge on any atom is -0.385 e. The maximum atomic E-state index is 8.49. The highest BCUT2D eigenvalue weighted by Crippen LogP contribution is 2.05. The molecule has 1 N–H and O–H groups in total. The third kappa shape index (κ3) is 1.94. The van der Waals surface area contributed by atoms with E-state index in [1.807, 2.05) is 19.1 Å². The summed E-state index contributed by atoms with van der Waals surface area (Å²) in [4.78, 5) is 3.84. The number of nitrogens with one attached hydrogen (secondary N) is 1. The standard InChI is InChI=1S/C8H9N3/c1-2-10-7-3-4-11-8(5-7)6-9/h3-5H,2H2,1H3,(H,10,11). The number of hydrogen-bond acceptors (Lipinski definition) is 3. The molecule has 0 unspecified atom stereocenters. The Morgan fingerprint density at radius 3 is 3.18 bits per heavy atom. The van der Waals surface area contributed by atoms with E-state index >= 15 is 0 Å². The largest absolute Gasteiger partial charge is 0.385 e. The van der Waals surface area contributed by atoms with Gasteiger partial charge in [-0.3, -0.25) is 0 Å². The molecule has 0 aliphatic rings. The van der Waals surface area contributed by atoms with Gasteiger partial charge >= 0.3 is 0 Å². The van der Waals surface area contributed by atoms with Gasteiger partial charge in [0.1, 0.15) is 11.8 Å². The van der Waals surface area contributed by atoms with Crippen molar-refractivity contribution in [3.05, 3.63) is 24.0 Å². The molecule has 0 saturated carbocycles. The van der Waals surface area contributed by atoms with Gasteiger partial charge in [0.25, 0.3) is 0 Å². The zero-order valence-corrected chi connectivity index (χ0v) is 6.33. The summed E-state index contributed by atoms with van der Waals surface area (Å²) in [7, 11) is 0. The van der Waals surface area contributed by atoms with E-state index in [0.717, 1.165) is 12.2 Å². The third-order valence-electron chi connectivity index (χ3n) is 1.26. The van der Waals surface area contributed by atoms with Gasteiger partial charge in [-0.2, -0.15) is 5.26 Å². The summed E-state index contributed by atoms with van der Waals surface area (Å²) in [6.45, 7) is 2.86. The van der Waals surface area contributed by atoms with Crippen molar-refractivity contribution >= 4 is 5.69 Å². The Labute approximate surface area is 65.7 Å². The maximum absolute atomic E-state index is 8.49. The lowest BCUT2D eigenvalue weighted by atomic mass is 10.3. The fourth-order valence-corrected chi connectivity index (χ4v) is 0.806. The summed E-state index contributed by atoms with van der Waals surface area (Å²) in [6.07, 6.45) is 1.62. The van der Waals surface area contributed by atoms with Crippen LogP contribution in [0.5, 0.6) is 0 Å². The fraction of sp³-hybridized carbons (Fsp3) is 0.250. The Hall–Kier alpha value is -1.56. The molecule has 1 rings (SSSR count). The third-order valence-corrected chi connectivity index (χ3v) is 1.26. The maximum Gasteiger partial charge on any atom is 0.142 e. The van der Waals surface area contributed by atoms with Crippen LogP contribution in [0.15, 0.2) is 18.3 Å². The molecule has 0 bridgehead atoms. The van der Waals surface area contributed by atoms with Gasteiger partial charge in [0, 0.05) is 18.4 Å². The van der Waals surface area contributed by atoms with Crippen LogP contribution in [0.4, 0.5) is 5.69 Å². The van der Waals surface area contributed by atoms with Crippen LogP contribution in [0.1, 0.15) is 12.6 Å². The summed E-state index contributed by atoms with van der Waals surface area (Å²) >= 11 is 0. The van der Waals surface area contributed by atoms with Crippen molar-refractivity contribution in [2.24, 2.45) is 0 Å². The first-order valence-corrected chi connectivity index (χ1v) is 3.47. The van der Waals surface area contributed by atoms with E-state index in [1.165, 1.54) is 0 Å². The molecule has 56 valence electrons. The molecule has 11 heavy (non-hydrogen) atoms. The van der Waals surface area contributed by atoms with E-state index < -0.39 is 0 Å². The molecule has 1 aromatic rings. The van der Waals surface area contributed by atoms with Crippen LogP contribution in [-0.4, -0.2) is 11.5 Å². The molecule has 1 aromatic heterocycles. The first-order chi connectivity index (χ1) is 5.36. The molecule has 0 aliphatic heterocycles. The van der Waals surface area contributed by atoms with Crippen LogP contribution >= 0.6 is 0 Å². The molecule has 0 saturated heterocycles. The Balaban J connectivity index is 2.85. The minimum absolute atomic E-state index is 0.448. The summed E-state index contributed by atoms with van der Waals surface area (Å²) in [5, 5.41) is 11.6. The molecule has 0 aromatic carbocycles. The van der Waals surface area contributed by atoms with Crippen molar-refractivity contribution in [2.45, 2.75) is 6.92 Å². The molecular formula is C8H9N3. The van der Waals surface area contributed by atoms with Crippen molar-refractivity contribution in [3.8, 4) is 6.07 Å². The van der Waals surface area contributed by atoms with Crippen LogP contribution in [0, 0.1) is 11.3 Å². The minimum atomic E-state index is 0.448.